The second kappa shape index (κ2) is 13.4. The summed E-state index contributed by atoms with van der Waals surface area (Å²) in [5.74, 6) is 0.192. The maximum Gasteiger partial charge on any atom is 0.284 e. The summed E-state index contributed by atoms with van der Waals surface area (Å²) < 4.78 is 9.23. The maximum absolute atomic E-state index is 13.6. The van der Waals surface area contributed by atoms with Crippen LogP contribution in [0.3, 0.4) is 0 Å². The van der Waals surface area contributed by atoms with Crippen molar-refractivity contribution in [3.05, 3.63) is 106 Å². The molecule has 12 nitrogen and oxygen atoms in total. The fourth-order valence-electron chi connectivity index (χ4n) is 5.87. The summed E-state index contributed by atoms with van der Waals surface area (Å²) in [4.78, 5) is 51.1. The quantitative estimate of drug-likeness (QED) is 0.211. The highest BCUT2D eigenvalue weighted by Crippen LogP contribution is 2.30. The van der Waals surface area contributed by atoms with Gasteiger partial charge in [0.25, 0.3) is 17.4 Å². The van der Waals surface area contributed by atoms with Crippen LogP contribution in [0.1, 0.15) is 53.2 Å². The number of amides is 2. The van der Waals surface area contributed by atoms with Crippen LogP contribution in [0, 0.1) is 6.92 Å². The number of ether oxygens (including phenoxy) is 1. The number of fused-ring (bicyclic) bond motifs is 1. The summed E-state index contributed by atoms with van der Waals surface area (Å²) >= 11 is 0. The zero-order valence-corrected chi connectivity index (χ0v) is 27.4. The molecule has 5 aromatic rings. The third kappa shape index (κ3) is 7.14. The van der Waals surface area contributed by atoms with E-state index in [-0.39, 0.29) is 29.8 Å². The number of carbonyl (C=O) groups excluding carboxylic acids is 2. The minimum absolute atomic E-state index is 0.0176. The molecule has 2 amide bonds. The van der Waals surface area contributed by atoms with Gasteiger partial charge in [0, 0.05) is 23.3 Å². The molecule has 3 N–H and O–H groups in total. The molecule has 0 radical (unpaired) electrons. The lowest BCUT2D eigenvalue weighted by Crippen LogP contribution is -2.43. The van der Waals surface area contributed by atoms with E-state index in [0.29, 0.717) is 39.5 Å². The molecule has 248 valence electrons. The molecule has 3 aromatic heterocycles. The van der Waals surface area contributed by atoms with Crippen molar-refractivity contribution in [2.24, 2.45) is 0 Å². The van der Waals surface area contributed by atoms with Crippen LogP contribution in [0.2, 0.25) is 0 Å². The van der Waals surface area contributed by atoms with Gasteiger partial charge in [-0.15, -0.1) is 0 Å². The Morgan fingerprint density at radius 2 is 1.71 bits per heavy atom. The second-order valence-electron chi connectivity index (χ2n) is 12.8. The Morgan fingerprint density at radius 1 is 1.00 bits per heavy atom. The van der Waals surface area contributed by atoms with E-state index in [1.807, 2.05) is 6.07 Å². The van der Waals surface area contributed by atoms with Crippen molar-refractivity contribution in [3.63, 3.8) is 0 Å². The van der Waals surface area contributed by atoms with Crippen LogP contribution in [0.5, 0.6) is 11.5 Å². The molecule has 0 bridgehead atoms. The first-order valence-electron chi connectivity index (χ1n) is 15.9. The molecule has 1 aliphatic heterocycles. The fourth-order valence-corrected chi connectivity index (χ4v) is 5.87. The number of rotatable bonds is 9. The lowest BCUT2D eigenvalue weighted by molar-refractivity contribution is 0.0545. The summed E-state index contributed by atoms with van der Waals surface area (Å²) in [5, 5.41) is 17.1. The number of aromatic nitrogens is 4. The summed E-state index contributed by atoms with van der Waals surface area (Å²) in [6.45, 7) is 6.96. The summed E-state index contributed by atoms with van der Waals surface area (Å²) in [6.07, 6.45) is 4.96. The number of nitrogens with one attached hydrogen (secondary N) is 2. The zero-order valence-electron chi connectivity index (χ0n) is 27.4. The molecule has 2 aromatic carbocycles. The first-order valence-corrected chi connectivity index (χ1v) is 15.9. The van der Waals surface area contributed by atoms with E-state index in [2.05, 4.69) is 32.5 Å². The number of likely N-dealkylation sites (tertiary alicyclic amines) is 1. The molecule has 4 heterocycles. The number of piperidine rings is 1. The van der Waals surface area contributed by atoms with Gasteiger partial charge >= 0.3 is 0 Å². The average Bonchev–Trinajstić information content (AvgIpc) is 3.30. The normalized spacial score (nSPS) is 14.2. The van der Waals surface area contributed by atoms with E-state index in [9.17, 15) is 19.5 Å². The number of hydrogen-bond acceptors (Lipinski definition) is 8. The molecule has 1 saturated heterocycles. The van der Waals surface area contributed by atoms with Crippen LogP contribution >= 0.6 is 0 Å². The van der Waals surface area contributed by atoms with Crippen molar-refractivity contribution < 1.29 is 19.4 Å². The van der Waals surface area contributed by atoms with Crippen LogP contribution in [-0.4, -0.2) is 72.9 Å². The third-order valence-corrected chi connectivity index (χ3v) is 8.38. The fraction of sp³-hybridized carbons (Fsp3) is 0.306. The zero-order chi connectivity index (χ0) is 34.0. The predicted molar refractivity (Wildman–Crippen MR) is 183 cm³/mol. The van der Waals surface area contributed by atoms with Crippen LogP contribution in [0.15, 0.2) is 83.9 Å². The third-order valence-electron chi connectivity index (χ3n) is 8.38. The molecule has 0 saturated carbocycles. The van der Waals surface area contributed by atoms with E-state index in [0.717, 1.165) is 25.9 Å². The van der Waals surface area contributed by atoms with Crippen molar-refractivity contribution in [1.29, 1.82) is 0 Å². The van der Waals surface area contributed by atoms with Gasteiger partial charge in [0.05, 0.1) is 35.2 Å². The first kappa shape index (κ1) is 32.6. The number of carbonyl (C=O) groups is 2. The number of para-hydroxylation sites is 1. The van der Waals surface area contributed by atoms with E-state index >= 15 is 0 Å². The lowest BCUT2D eigenvalue weighted by Gasteiger charge is -2.29. The highest BCUT2D eigenvalue weighted by molar-refractivity contribution is 6.05. The number of nitrogens with zero attached hydrogens (tertiary/aromatic N) is 5. The molecule has 0 aliphatic carbocycles. The smallest absolute Gasteiger partial charge is 0.284 e. The number of anilines is 1. The van der Waals surface area contributed by atoms with Crippen molar-refractivity contribution in [2.45, 2.75) is 51.8 Å². The largest absolute Gasteiger partial charge is 0.457 e. The van der Waals surface area contributed by atoms with Gasteiger partial charge in [-0.2, -0.15) is 0 Å². The Balaban J connectivity index is 1.19. The van der Waals surface area contributed by atoms with Gasteiger partial charge in [0.15, 0.2) is 0 Å². The van der Waals surface area contributed by atoms with Crippen LogP contribution in [0.25, 0.3) is 16.6 Å². The van der Waals surface area contributed by atoms with Crippen LogP contribution in [0.4, 0.5) is 5.69 Å². The molecule has 1 fully saturated rings. The van der Waals surface area contributed by atoms with E-state index in [1.165, 1.54) is 4.68 Å². The SMILES string of the molecule is Cc1c(C(=O)Nc2ccc(Oc3ccnc4cnc(C(=O)NC5CCN(C)CC5)cc34)cc2)c(=O)n(-c2ccccc2)n1CC(C)(C)O. The minimum Gasteiger partial charge on any atom is -0.457 e. The van der Waals surface area contributed by atoms with Gasteiger partial charge in [-0.25, -0.2) is 9.67 Å². The molecule has 0 spiro atoms. The Morgan fingerprint density at radius 3 is 2.40 bits per heavy atom. The first-order chi connectivity index (χ1) is 23.0. The van der Waals surface area contributed by atoms with Gasteiger partial charge in [-0.3, -0.25) is 24.0 Å². The maximum atomic E-state index is 13.6. The monoisotopic (exact) mass is 649 g/mol. The van der Waals surface area contributed by atoms with Crippen molar-refractivity contribution in [3.8, 4) is 17.2 Å². The molecule has 0 unspecified atom stereocenters. The number of aliphatic hydroxyl groups is 1. The van der Waals surface area contributed by atoms with Gasteiger partial charge in [0.2, 0.25) is 0 Å². The van der Waals surface area contributed by atoms with Gasteiger partial charge in [0.1, 0.15) is 22.8 Å². The lowest BCUT2D eigenvalue weighted by atomic mass is 10.1. The van der Waals surface area contributed by atoms with Crippen molar-refractivity contribution >= 4 is 28.4 Å². The predicted octanol–water partition coefficient (Wildman–Crippen LogP) is 4.53. The highest BCUT2D eigenvalue weighted by atomic mass is 16.5. The highest BCUT2D eigenvalue weighted by Gasteiger charge is 2.27. The van der Waals surface area contributed by atoms with Gasteiger partial charge in [-0.05, 0) is 102 Å². The number of pyridine rings is 2. The van der Waals surface area contributed by atoms with Gasteiger partial charge < -0.3 is 25.4 Å². The standard InChI is InChI=1S/C36H39N7O5/c1-23-32(35(46)43(26-8-6-5-7-9-26)42(23)22-36(2,3)47)34(45)40-24-10-12-27(13-11-24)48-31-14-17-37-30-21-38-29(20-28(30)31)33(44)39-25-15-18-41(4)19-16-25/h5-14,17,20-21,25,47H,15-16,18-19,22H2,1-4H3,(H,39,44)(H,40,45). The topological polar surface area (TPSA) is 144 Å². The summed E-state index contributed by atoms with van der Waals surface area (Å²) in [7, 11) is 2.08. The Kier molecular flexibility index (Phi) is 9.11. The van der Waals surface area contributed by atoms with E-state index < -0.39 is 17.1 Å². The Labute approximate surface area is 278 Å². The molecular weight excluding hydrogens is 610 g/mol. The molecule has 1 aliphatic rings. The minimum atomic E-state index is -1.13. The Hall–Kier alpha value is -5.33. The van der Waals surface area contributed by atoms with Gasteiger partial charge in [-0.1, -0.05) is 18.2 Å². The molecular formula is C36H39N7O5. The van der Waals surface area contributed by atoms with Crippen molar-refractivity contribution in [2.75, 3.05) is 25.5 Å². The second-order valence-corrected chi connectivity index (χ2v) is 12.8. The van der Waals surface area contributed by atoms with Crippen LogP contribution in [-0.2, 0) is 6.54 Å². The molecule has 0 atom stereocenters. The summed E-state index contributed by atoms with van der Waals surface area (Å²) in [5.41, 5.74) is 0.712. The Bertz CT molecular complexity index is 2010. The molecule has 48 heavy (non-hydrogen) atoms. The molecule has 12 heteroatoms. The molecule has 6 rings (SSSR count). The van der Waals surface area contributed by atoms with E-state index in [1.54, 1.807) is 98.5 Å². The van der Waals surface area contributed by atoms with E-state index in [4.69, 9.17) is 4.74 Å². The number of benzene rings is 2. The summed E-state index contributed by atoms with van der Waals surface area (Å²) in [6, 6.07) is 19.3. The average molecular weight is 650 g/mol. The van der Waals surface area contributed by atoms with Crippen molar-refractivity contribution in [1.82, 2.24) is 29.5 Å². The van der Waals surface area contributed by atoms with Crippen LogP contribution < -0.4 is 20.9 Å². The number of hydrogen-bond donors (Lipinski definition) is 3.